The van der Waals surface area contributed by atoms with E-state index < -0.39 is 0 Å². The summed E-state index contributed by atoms with van der Waals surface area (Å²) in [5, 5.41) is 0. The van der Waals surface area contributed by atoms with Gasteiger partial charge in [-0.15, -0.1) is 0 Å². The van der Waals surface area contributed by atoms with E-state index >= 15 is 0 Å². The van der Waals surface area contributed by atoms with E-state index in [-0.39, 0.29) is 7.27 Å². The van der Waals surface area contributed by atoms with Gasteiger partial charge in [0.2, 0.25) is 0 Å². The van der Waals surface area contributed by atoms with Gasteiger partial charge in [-0.3, -0.25) is 0 Å². The van der Waals surface area contributed by atoms with Gasteiger partial charge < -0.3 is 0 Å². The fourth-order valence-corrected chi connectivity index (χ4v) is 4.80. The van der Waals surface area contributed by atoms with Crippen LogP contribution in [0.15, 0.2) is 0 Å². The Hall–Kier alpha value is 2.64. The summed E-state index contributed by atoms with van der Waals surface area (Å²) < 4.78 is 0.829. The van der Waals surface area contributed by atoms with Gasteiger partial charge in [-0.1, -0.05) is 75.0 Å². The van der Waals surface area contributed by atoms with E-state index in [1.54, 1.807) is 0 Å². The Balaban J connectivity index is 3.27. The van der Waals surface area contributed by atoms with Gasteiger partial charge in [0.15, 0.2) is 0 Å². The Labute approximate surface area is 114 Å². The molecular weight excluding hydrogens is 458 g/mol. The maximum atomic E-state index is 6.15. The van der Waals surface area contributed by atoms with Crippen molar-refractivity contribution in [1.82, 2.24) is 0 Å². The molecule has 0 aromatic rings. The zero-order valence-corrected chi connectivity index (χ0v) is 14.3. The van der Waals surface area contributed by atoms with Gasteiger partial charge in [0, 0.05) is 0 Å². The van der Waals surface area contributed by atoms with Crippen molar-refractivity contribution >= 4 is 82.2 Å². The Bertz CT molecular complexity index is 99.7. The molecule has 0 heterocycles. The van der Waals surface area contributed by atoms with Gasteiger partial charge in [-0.2, -0.15) is 0 Å². The van der Waals surface area contributed by atoms with Crippen LogP contribution < -0.4 is 0 Å². The van der Waals surface area contributed by atoms with Gasteiger partial charge in [-0.05, 0) is 32.4 Å². The van der Waals surface area contributed by atoms with E-state index in [2.05, 4.69) is 63.7 Å². The first-order valence-corrected chi connectivity index (χ1v) is 9.77. The molecule has 0 bridgehead atoms. The number of halogens is 5. The van der Waals surface area contributed by atoms with Crippen molar-refractivity contribution in [3.05, 3.63) is 0 Å². The van der Waals surface area contributed by atoms with E-state index in [0.717, 1.165) is 25.2 Å². The molecule has 74 valence electrons. The molecule has 6 heteroatoms. The lowest BCUT2D eigenvalue weighted by Gasteiger charge is -2.10. The Morgan fingerprint density at radius 2 is 1.25 bits per heavy atom. The van der Waals surface area contributed by atoms with Crippen LogP contribution in [0.5, 0.6) is 0 Å². The monoisotopic (exact) mass is 464 g/mol. The topological polar surface area (TPSA) is 0 Å². The first-order valence-electron chi connectivity index (χ1n) is 3.49. The van der Waals surface area contributed by atoms with Gasteiger partial charge >= 0.3 is 0 Å². The van der Waals surface area contributed by atoms with Crippen LogP contribution in [0.25, 0.3) is 0 Å². The first kappa shape index (κ1) is 14.6. The smallest absolute Gasteiger partial charge is 0.0701 e. The average molecular weight is 468 g/mol. The van der Waals surface area contributed by atoms with Crippen LogP contribution in [0.1, 0.15) is 12.8 Å². The second-order valence-electron chi connectivity index (χ2n) is 2.27. The van der Waals surface area contributed by atoms with Gasteiger partial charge in [0.1, 0.15) is 0 Å². The predicted molar refractivity (Wildman–Crippen MR) is 75.0 cm³/mol. The molecule has 0 unspecified atom stereocenters. The molecule has 0 aliphatic carbocycles. The van der Waals surface area contributed by atoms with E-state index in [9.17, 15) is 0 Å². The fraction of sp³-hybridized carbons (Fsp3) is 1.00. The third-order valence-electron chi connectivity index (χ3n) is 1.18. The molecule has 0 amide bonds. The Morgan fingerprint density at radius 3 is 1.50 bits per heavy atom. The molecule has 0 nitrogen and oxygen atoms in total. The molecule has 0 atom stereocenters. The lowest BCUT2D eigenvalue weighted by molar-refractivity contribution is 1.06. The maximum absolute atomic E-state index is 6.15. The minimum absolute atomic E-state index is 0.293. The predicted octanol–water partition coefficient (Wildman–Crippen LogP) is 5.63. The molecule has 0 aromatic heterocycles. The molecule has 0 aromatic carbocycles. The number of rotatable bonds is 6. The highest BCUT2D eigenvalue weighted by atomic mass is 79.9. The molecule has 0 radical (unpaired) electrons. The van der Waals surface area contributed by atoms with Crippen molar-refractivity contribution in [3.63, 3.8) is 0 Å². The van der Waals surface area contributed by atoms with E-state index in [4.69, 9.17) is 11.2 Å². The van der Waals surface area contributed by atoms with Gasteiger partial charge in [0.25, 0.3) is 0 Å². The second kappa shape index (κ2) is 8.91. The summed E-state index contributed by atoms with van der Waals surface area (Å²) in [5.41, 5.74) is 0. The summed E-state index contributed by atoms with van der Waals surface area (Å²) in [7, 11) is -0.293. The van der Waals surface area contributed by atoms with Crippen molar-refractivity contribution in [3.8, 4) is 0 Å². The minimum Gasteiger partial charge on any atom is -0.0964 e. The van der Waals surface area contributed by atoms with Crippen LogP contribution in [0, 0.1) is 0 Å². The van der Waals surface area contributed by atoms with Gasteiger partial charge in [0.05, 0.1) is 7.47 Å². The lowest BCUT2D eigenvalue weighted by atomic mass is 10.6. The van der Waals surface area contributed by atoms with Crippen molar-refractivity contribution < 1.29 is 0 Å². The highest BCUT2D eigenvalue weighted by Crippen LogP contribution is 2.44. The third kappa shape index (κ3) is 10.7. The number of hydrogen-bond donors (Lipinski definition) is 0. The summed E-state index contributed by atoms with van der Waals surface area (Å²) in [6, 6.07) is 0. The van der Waals surface area contributed by atoms with Crippen molar-refractivity contribution in [2.75, 3.05) is 12.3 Å². The highest BCUT2D eigenvalue weighted by molar-refractivity contribution is 9.25. The first-order chi connectivity index (χ1) is 5.52. The van der Waals surface area contributed by atoms with Crippen molar-refractivity contribution in [2.24, 2.45) is 0 Å². The molecule has 0 rings (SSSR count). The molecule has 0 aliphatic heterocycles. The summed E-state index contributed by atoms with van der Waals surface area (Å²) >= 11 is 19.9. The molecular formula is C6H10Br4ClP. The molecule has 0 fully saturated rings. The zero-order valence-electron chi connectivity index (χ0n) is 6.32. The molecule has 0 spiro atoms. The standard InChI is InChI=1S/C6H10Br4ClP/c7-5(8)1-3-12(11)4-2-6(9)10/h5-6H,1-4H2. The normalized spacial score (nSPS) is 12.0. The number of hydrogen-bond acceptors (Lipinski definition) is 0. The van der Waals surface area contributed by atoms with E-state index in [0.29, 0.717) is 7.47 Å². The molecule has 0 N–H and O–H groups in total. The Morgan fingerprint density at radius 1 is 0.917 bits per heavy atom. The fourth-order valence-electron chi connectivity index (χ4n) is 0.587. The Kier molecular flexibility index (Phi) is 10.9. The summed E-state index contributed by atoms with van der Waals surface area (Å²) in [4.78, 5) is 0. The lowest BCUT2D eigenvalue weighted by Crippen LogP contribution is -1.94. The zero-order chi connectivity index (χ0) is 9.56. The summed E-state index contributed by atoms with van der Waals surface area (Å²) in [5.74, 6) is 0. The summed E-state index contributed by atoms with van der Waals surface area (Å²) in [6.45, 7) is 0. The van der Waals surface area contributed by atoms with E-state index in [1.807, 2.05) is 0 Å². The molecule has 0 saturated heterocycles. The van der Waals surface area contributed by atoms with Crippen LogP contribution >= 0.6 is 82.2 Å². The van der Waals surface area contributed by atoms with E-state index in [1.165, 1.54) is 0 Å². The quantitative estimate of drug-likeness (QED) is 0.350. The van der Waals surface area contributed by atoms with Crippen molar-refractivity contribution in [1.29, 1.82) is 0 Å². The second-order valence-corrected chi connectivity index (χ2v) is 12.4. The van der Waals surface area contributed by atoms with Crippen molar-refractivity contribution in [2.45, 2.75) is 20.3 Å². The number of alkyl halides is 4. The van der Waals surface area contributed by atoms with Crippen LogP contribution in [-0.2, 0) is 0 Å². The van der Waals surface area contributed by atoms with Crippen LogP contribution in [-0.4, -0.2) is 19.8 Å². The maximum Gasteiger partial charge on any atom is 0.0701 e. The third-order valence-corrected chi connectivity index (χ3v) is 5.51. The average Bonchev–Trinajstić information content (AvgIpc) is 1.96. The SMILES string of the molecule is ClP(CCC(Br)Br)CCC(Br)Br. The van der Waals surface area contributed by atoms with Gasteiger partial charge in [-0.25, -0.2) is 0 Å². The van der Waals surface area contributed by atoms with Crippen LogP contribution in [0.3, 0.4) is 0 Å². The van der Waals surface area contributed by atoms with Crippen LogP contribution in [0.4, 0.5) is 0 Å². The van der Waals surface area contributed by atoms with Crippen LogP contribution in [0.2, 0.25) is 0 Å². The molecule has 0 aliphatic rings. The highest BCUT2D eigenvalue weighted by Gasteiger charge is 2.08. The summed E-state index contributed by atoms with van der Waals surface area (Å²) in [6.07, 6.45) is 4.43. The minimum atomic E-state index is -0.293. The molecule has 0 saturated carbocycles. The largest absolute Gasteiger partial charge is 0.0964 e. The molecule has 12 heavy (non-hydrogen) atoms.